The minimum Gasteiger partial charge on any atom is -1.00 e. The van der Waals surface area contributed by atoms with E-state index in [0.717, 1.165) is 0 Å². The second kappa shape index (κ2) is 12.3. The molecule has 0 spiro atoms. The van der Waals surface area contributed by atoms with Crippen molar-refractivity contribution in [2.75, 3.05) is 0 Å². The molecular formula is C29H24Cl2Zr-2. The molecule has 6 rings (SSSR count). The molecule has 0 nitrogen and oxygen atoms in total. The van der Waals surface area contributed by atoms with Gasteiger partial charge in [-0.25, -0.2) is 0 Å². The first kappa shape index (κ1) is 26.2. The third-order valence-electron chi connectivity index (χ3n) is 5.09. The Hall–Kier alpha value is -2.05. The van der Waals surface area contributed by atoms with Crippen molar-refractivity contribution >= 4 is 46.3 Å². The summed E-state index contributed by atoms with van der Waals surface area (Å²) in [5.41, 5.74) is 0. The van der Waals surface area contributed by atoms with Crippen LogP contribution in [0, 0.1) is 0 Å². The van der Waals surface area contributed by atoms with Crippen LogP contribution in [0.15, 0.2) is 109 Å². The minimum atomic E-state index is 0. The second-order valence-corrected chi connectivity index (χ2v) is 10.1. The van der Waals surface area contributed by atoms with E-state index < -0.39 is 0 Å². The molecule has 0 saturated carbocycles. The van der Waals surface area contributed by atoms with Crippen LogP contribution in [0.4, 0.5) is 0 Å². The Morgan fingerprint density at radius 1 is 0.531 bits per heavy atom. The standard InChI is InChI=1S/2C13H9.C3H6.2ClH.Zr/c2*1-2-6-12-10(4-1)8-9-11-5-3-7-13(11)12;1-3-2;;;/h2*1-9H;1-2H3;2*1H;/q2*-1;;;;+2/p-2. The van der Waals surface area contributed by atoms with E-state index in [0.29, 0.717) is 0 Å². The van der Waals surface area contributed by atoms with Gasteiger partial charge in [-0.1, -0.05) is 71.4 Å². The van der Waals surface area contributed by atoms with Crippen molar-refractivity contribution in [2.45, 2.75) is 13.8 Å². The summed E-state index contributed by atoms with van der Waals surface area (Å²) < 4.78 is 1.51. The zero-order valence-electron chi connectivity index (χ0n) is 18.1. The number of fused-ring (bicyclic) bond motifs is 6. The Kier molecular flexibility index (Phi) is 10.0. The third kappa shape index (κ3) is 6.05. The van der Waals surface area contributed by atoms with Crippen molar-refractivity contribution in [1.82, 2.24) is 0 Å². The van der Waals surface area contributed by atoms with Crippen LogP contribution < -0.4 is 24.8 Å². The Morgan fingerprint density at radius 3 is 1.31 bits per heavy atom. The normalized spacial score (nSPS) is 9.88. The first-order valence-electron chi connectivity index (χ1n) is 10.2. The van der Waals surface area contributed by atoms with E-state index in [9.17, 15) is 0 Å². The van der Waals surface area contributed by atoms with Crippen molar-refractivity contribution in [3.8, 4) is 0 Å². The maximum Gasteiger partial charge on any atom is -0.0370 e. The van der Waals surface area contributed by atoms with Crippen LogP contribution >= 0.6 is 0 Å². The molecule has 0 aliphatic heterocycles. The van der Waals surface area contributed by atoms with Crippen molar-refractivity contribution in [3.63, 3.8) is 0 Å². The minimum absolute atomic E-state index is 0. The Balaban J connectivity index is 0.000000185. The molecule has 0 amide bonds. The van der Waals surface area contributed by atoms with E-state index in [1.165, 1.54) is 46.3 Å². The van der Waals surface area contributed by atoms with Crippen molar-refractivity contribution in [1.29, 1.82) is 0 Å². The predicted octanol–water partition coefficient (Wildman–Crippen LogP) is 2.18. The van der Waals surface area contributed by atoms with Gasteiger partial charge in [-0.2, -0.15) is 24.3 Å². The molecule has 0 fully saturated rings. The molecule has 0 unspecified atom stereocenters. The van der Waals surface area contributed by atoms with Crippen LogP contribution in [-0.4, -0.2) is 3.21 Å². The average molecular weight is 535 g/mol. The Bertz CT molecular complexity index is 1330. The van der Waals surface area contributed by atoms with Crippen LogP contribution in [0.5, 0.6) is 0 Å². The molecule has 0 bridgehead atoms. The molecule has 0 N–H and O–H groups in total. The average Bonchev–Trinajstić information content (AvgIpc) is 3.43. The summed E-state index contributed by atoms with van der Waals surface area (Å²) in [6, 6.07) is 38.6. The molecule has 6 aromatic carbocycles. The zero-order valence-corrected chi connectivity index (χ0v) is 22.1. The van der Waals surface area contributed by atoms with Gasteiger partial charge < -0.3 is 24.8 Å². The van der Waals surface area contributed by atoms with Crippen LogP contribution in [0.1, 0.15) is 13.8 Å². The molecule has 0 aliphatic rings. The van der Waals surface area contributed by atoms with Gasteiger partial charge in [0.2, 0.25) is 0 Å². The van der Waals surface area contributed by atoms with E-state index >= 15 is 0 Å². The summed E-state index contributed by atoms with van der Waals surface area (Å²) in [5, 5.41) is 10.7. The second-order valence-electron chi connectivity index (χ2n) is 7.63. The van der Waals surface area contributed by atoms with E-state index in [1.54, 1.807) is 24.2 Å². The Morgan fingerprint density at radius 2 is 0.906 bits per heavy atom. The number of benzene rings is 4. The summed E-state index contributed by atoms with van der Waals surface area (Å²) in [6.07, 6.45) is 0. The van der Waals surface area contributed by atoms with Crippen LogP contribution in [0.3, 0.4) is 0 Å². The van der Waals surface area contributed by atoms with Gasteiger partial charge in [-0.05, 0) is 10.8 Å². The fraction of sp³-hybridized carbons (Fsp3) is 0.0690. The number of hydrogen-bond donors (Lipinski definition) is 0. The SMILES string of the molecule is C[C](C)=[Zr+2].[Cl-].[Cl-].c1ccc2c(c1)ccc1[cH-]ccc12.c1ccc2c(c1)ccc1[cH-]ccc12. The van der Waals surface area contributed by atoms with E-state index in [4.69, 9.17) is 0 Å². The predicted molar refractivity (Wildman–Crippen MR) is 130 cm³/mol. The molecule has 0 aromatic heterocycles. The molecule has 0 heterocycles. The quantitative estimate of drug-likeness (QED) is 0.262. The van der Waals surface area contributed by atoms with Crippen molar-refractivity contribution in [2.24, 2.45) is 0 Å². The van der Waals surface area contributed by atoms with Gasteiger partial charge in [0.15, 0.2) is 0 Å². The monoisotopic (exact) mass is 532 g/mol. The fourth-order valence-electron chi connectivity index (χ4n) is 3.78. The van der Waals surface area contributed by atoms with Crippen LogP contribution in [0.2, 0.25) is 0 Å². The van der Waals surface area contributed by atoms with Gasteiger partial charge in [-0.15, -0.1) is 45.8 Å². The van der Waals surface area contributed by atoms with E-state index in [1.807, 2.05) is 0 Å². The van der Waals surface area contributed by atoms with Crippen molar-refractivity contribution in [3.05, 3.63) is 109 Å². The smallest absolute Gasteiger partial charge is 0.0370 e. The molecule has 160 valence electrons. The number of halogens is 2. The van der Waals surface area contributed by atoms with Gasteiger partial charge in [0.05, 0.1) is 0 Å². The Labute approximate surface area is 217 Å². The molecular weight excluding hydrogens is 510 g/mol. The number of rotatable bonds is 0. The van der Waals surface area contributed by atoms with Gasteiger partial charge in [0.25, 0.3) is 0 Å². The molecule has 3 heteroatoms. The molecule has 0 aliphatic carbocycles. The number of hydrogen-bond acceptors (Lipinski definition) is 0. The fourth-order valence-corrected chi connectivity index (χ4v) is 3.78. The summed E-state index contributed by atoms with van der Waals surface area (Å²) in [6.45, 7) is 4.25. The summed E-state index contributed by atoms with van der Waals surface area (Å²) >= 11 is 1.55. The first-order chi connectivity index (χ1) is 14.6. The summed E-state index contributed by atoms with van der Waals surface area (Å²) in [5.74, 6) is 0. The van der Waals surface area contributed by atoms with E-state index in [2.05, 4.69) is 123 Å². The van der Waals surface area contributed by atoms with Gasteiger partial charge in [0.1, 0.15) is 0 Å². The van der Waals surface area contributed by atoms with Gasteiger partial charge in [0, 0.05) is 0 Å². The van der Waals surface area contributed by atoms with Gasteiger partial charge in [-0.3, -0.25) is 0 Å². The van der Waals surface area contributed by atoms with Gasteiger partial charge >= 0.3 is 41.3 Å². The summed E-state index contributed by atoms with van der Waals surface area (Å²) in [4.78, 5) is 0. The zero-order chi connectivity index (χ0) is 20.9. The molecule has 6 aromatic rings. The summed E-state index contributed by atoms with van der Waals surface area (Å²) in [7, 11) is 0. The maximum atomic E-state index is 2.18. The van der Waals surface area contributed by atoms with Crippen molar-refractivity contribution < 1.29 is 49.0 Å². The molecule has 0 radical (unpaired) electrons. The van der Waals surface area contributed by atoms with Crippen LogP contribution in [-0.2, 0) is 24.2 Å². The molecule has 32 heavy (non-hydrogen) atoms. The first-order valence-corrected chi connectivity index (χ1v) is 11.4. The molecule has 0 atom stereocenters. The maximum absolute atomic E-state index is 2.18. The third-order valence-corrected chi connectivity index (χ3v) is 5.09. The molecule has 0 saturated heterocycles. The van der Waals surface area contributed by atoms with E-state index in [-0.39, 0.29) is 24.8 Å². The topological polar surface area (TPSA) is 0 Å². The van der Waals surface area contributed by atoms with Crippen LogP contribution in [0.25, 0.3) is 43.1 Å². The largest absolute Gasteiger partial charge is 1.00 e.